The number of aromatic nitrogens is 1. The number of methoxy groups -OCH3 is 1. The first kappa shape index (κ1) is 26.4. The smallest absolute Gasteiger partial charge is 0.338 e. The zero-order chi connectivity index (χ0) is 26.0. The molecule has 0 saturated carbocycles. The molecule has 0 N–H and O–H groups in total. The van der Waals surface area contributed by atoms with E-state index in [9.17, 15) is 9.59 Å². The van der Waals surface area contributed by atoms with Gasteiger partial charge in [0.25, 0.3) is 5.56 Å². The van der Waals surface area contributed by atoms with E-state index in [0.29, 0.717) is 38.7 Å². The highest BCUT2D eigenvalue weighted by Gasteiger charge is 2.33. The minimum absolute atomic E-state index is 0.216. The Morgan fingerprint density at radius 2 is 1.89 bits per heavy atom. The standard InChI is InChI=1S/C26H24Br2N2O5S/c1-5-34-23-16(11-17(27)13-19(23)28)12-20-24(31)30-22(15-7-9-18(33-4)10-8-15)21(25(32)35-6-2)14(3)29-26(30)36-20/h7-13,22H,5-6H2,1-4H3/b20-12-/t22-/m0/s1. The molecule has 0 radical (unpaired) electrons. The zero-order valence-electron chi connectivity index (χ0n) is 20.1. The largest absolute Gasteiger partial charge is 0.497 e. The topological polar surface area (TPSA) is 79.1 Å². The van der Waals surface area contributed by atoms with Crippen LogP contribution in [0, 0.1) is 0 Å². The molecule has 2 heterocycles. The molecule has 0 fully saturated rings. The average molecular weight is 636 g/mol. The number of allylic oxidation sites excluding steroid dienone is 1. The van der Waals surface area contributed by atoms with Gasteiger partial charge in [0.15, 0.2) is 4.80 Å². The van der Waals surface area contributed by atoms with Crippen LogP contribution in [0.5, 0.6) is 11.5 Å². The number of benzene rings is 2. The number of thiazole rings is 1. The Hall–Kier alpha value is -2.69. The van der Waals surface area contributed by atoms with E-state index in [-0.39, 0.29) is 12.2 Å². The Bertz CT molecular complexity index is 1520. The zero-order valence-corrected chi connectivity index (χ0v) is 24.1. The van der Waals surface area contributed by atoms with Crippen LogP contribution in [-0.4, -0.2) is 30.9 Å². The van der Waals surface area contributed by atoms with E-state index >= 15 is 0 Å². The number of esters is 1. The van der Waals surface area contributed by atoms with E-state index in [1.54, 1.807) is 43.7 Å². The lowest BCUT2D eigenvalue weighted by molar-refractivity contribution is -0.139. The molecule has 7 nitrogen and oxygen atoms in total. The Kier molecular flexibility index (Phi) is 8.17. The van der Waals surface area contributed by atoms with Crippen LogP contribution in [0.25, 0.3) is 6.08 Å². The molecule has 2 aromatic carbocycles. The maximum atomic E-state index is 13.8. The van der Waals surface area contributed by atoms with Crippen LogP contribution < -0.4 is 24.4 Å². The lowest BCUT2D eigenvalue weighted by Crippen LogP contribution is -2.39. The van der Waals surface area contributed by atoms with Crippen LogP contribution in [0.4, 0.5) is 0 Å². The Balaban J connectivity index is 1.96. The fourth-order valence-corrected chi connectivity index (χ4v) is 6.43. The first-order chi connectivity index (χ1) is 17.3. The molecule has 3 aromatic rings. The number of carbonyl (C=O) groups excluding carboxylic acids is 1. The van der Waals surface area contributed by atoms with Gasteiger partial charge >= 0.3 is 5.97 Å². The quantitative estimate of drug-likeness (QED) is 0.351. The number of carbonyl (C=O) groups is 1. The molecule has 36 heavy (non-hydrogen) atoms. The summed E-state index contributed by atoms with van der Waals surface area (Å²) in [6, 6.07) is 10.4. The van der Waals surface area contributed by atoms with E-state index in [0.717, 1.165) is 20.1 Å². The van der Waals surface area contributed by atoms with Crippen molar-refractivity contribution in [3.8, 4) is 11.5 Å². The Morgan fingerprint density at radius 3 is 2.53 bits per heavy atom. The minimum Gasteiger partial charge on any atom is -0.497 e. The van der Waals surface area contributed by atoms with E-state index < -0.39 is 12.0 Å². The van der Waals surface area contributed by atoms with Gasteiger partial charge in [0.2, 0.25) is 0 Å². The summed E-state index contributed by atoms with van der Waals surface area (Å²) in [6.07, 6.45) is 1.79. The third-order valence-electron chi connectivity index (χ3n) is 5.56. The summed E-state index contributed by atoms with van der Waals surface area (Å²) in [7, 11) is 1.59. The van der Waals surface area contributed by atoms with Crippen LogP contribution in [0.1, 0.15) is 37.9 Å². The summed E-state index contributed by atoms with van der Waals surface area (Å²) >= 11 is 8.32. The van der Waals surface area contributed by atoms with Gasteiger partial charge in [-0.3, -0.25) is 9.36 Å². The molecule has 1 aliphatic heterocycles. The highest BCUT2D eigenvalue weighted by Crippen LogP contribution is 2.34. The molecule has 0 unspecified atom stereocenters. The fourth-order valence-electron chi connectivity index (χ4n) is 4.02. The lowest BCUT2D eigenvalue weighted by Gasteiger charge is -2.24. The van der Waals surface area contributed by atoms with Gasteiger partial charge in [-0.1, -0.05) is 39.4 Å². The molecule has 0 saturated heterocycles. The van der Waals surface area contributed by atoms with Gasteiger partial charge in [0.1, 0.15) is 11.5 Å². The van der Waals surface area contributed by atoms with Gasteiger partial charge in [-0.15, -0.1) is 0 Å². The third kappa shape index (κ3) is 5.07. The normalized spacial score (nSPS) is 15.4. The number of hydrogen-bond donors (Lipinski definition) is 0. The monoisotopic (exact) mass is 634 g/mol. The Labute approximate surface area is 229 Å². The second-order valence-corrected chi connectivity index (χ2v) is 10.6. The second kappa shape index (κ2) is 11.1. The summed E-state index contributed by atoms with van der Waals surface area (Å²) in [4.78, 5) is 32.0. The van der Waals surface area contributed by atoms with Gasteiger partial charge in [0, 0.05) is 10.0 Å². The molecular formula is C26H24Br2N2O5S. The minimum atomic E-state index is -0.686. The molecular weight excluding hydrogens is 612 g/mol. The summed E-state index contributed by atoms with van der Waals surface area (Å²) in [5, 5.41) is 0. The predicted octanol–water partition coefficient (Wildman–Crippen LogP) is 4.73. The Morgan fingerprint density at radius 1 is 1.17 bits per heavy atom. The van der Waals surface area contributed by atoms with E-state index in [1.807, 2.05) is 31.2 Å². The number of rotatable bonds is 7. The highest BCUT2D eigenvalue weighted by molar-refractivity contribution is 9.11. The number of fused-ring (bicyclic) bond motifs is 1. The molecule has 0 bridgehead atoms. The summed E-state index contributed by atoms with van der Waals surface area (Å²) in [5.74, 6) is 0.818. The lowest BCUT2D eigenvalue weighted by atomic mass is 9.96. The maximum Gasteiger partial charge on any atom is 0.338 e. The van der Waals surface area contributed by atoms with E-state index in [4.69, 9.17) is 14.2 Å². The SMILES string of the molecule is CCOC(=O)C1=C(C)N=c2s/c(=C\c3cc(Br)cc(Br)c3OCC)c(=O)n2[C@H]1c1ccc(OC)cc1. The number of halogens is 2. The first-order valence-corrected chi connectivity index (χ1v) is 13.6. The summed E-state index contributed by atoms with van der Waals surface area (Å²) < 4.78 is 20.1. The fraction of sp³-hybridized carbons (Fsp3) is 0.269. The average Bonchev–Trinajstić information content (AvgIpc) is 3.14. The van der Waals surface area contributed by atoms with Crippen LogP contribution >= 0.6 is 43.2 Å². The number of hydrogen-bond acceptors (Lipinski definition) is 7. The van der Waals surface area contributed by atoms with Crippen molar-refractivity contribution in [2.45, 2.75) is 26.8 Å². The van der Waals surface area contributed by atoms with Gasteiger partial charge in [-0.2, -0.15) is 0 Å². The van der Waals surface area contributed by atoms with E-state index in [2.05, 4.69) is 36.9 Å². The summed E-state index contributed by atoms with van der Waals surface area (Å²) in [6.45, 7) is 6.10. The first-order valence-electron chi connectivity index (χ1n) is 11.2. The molecule has 1 aromatic heterocycles. The van der Waals surface area contributed by atoms with Crippen LogP contribution in [0.3, 0.4) is 0 Å². The van der Waals surface area contributed by atoms with Crippen molar-refractivity contribution in [2.75, 3.05) is 20.3 Å². The molecule has 0 aliphatic carbocycles. The molecule has 0 spiro atoms. The van der Waals surface area contributed by atoms with Crippen molar-refractivity contribution in [3.05, 3.63) is 87.4 Å². The highest BCUT2D eigenvalue weighted by atomic mass is 79.9. The molecule has 1 aliphatic rings. The van der Waals surface area contributed by atoms with E-state index in [1.165, 1.54) is 11.3 Å². The maximum absolute atomic E-state index is 13.8. The van der Waals surface area contributed by atoms with Crippen molar-refractivity contribution >= 4 is 55.2 Å². The van der Waals surface area contributed by atoms with Crippen LogP contribution in [-0.2, 0) is 9.53 Å². The predicted molar refractivity (Wildman–Crippen MR) is 146 cm³/mol. The number of ether oxygens (including phenoxy) is 3. The van der Waals surface area contributed by atoms with Crippen molar-refractivity contribution in [3.63, 3.8) is 0 Å². The molecule has 188 valence electrons. The number of nitrogens with zero attached hydrogens (tertiary/aromatic N) is 2. The molecule has 0 amide bonds. The molecule has 1 atom stereocenters. The van der Waals surface area contributed by atoms with Gasteiger partial charge in [-0.05, 0) is 72.6 Å². The molecule has 10 heteroatoms. The van der Waals surface area contributed by atoms with Crippen molar-refractivity contribution < 1.29 is 19.0 Å². The van der Waals surface area contributed by atoms with Gasteiger partial charge in [-0.25, -0.2) is 9.79 Å². The van der Waals surface area contributed by atoms with Crippen molar-refractivity contribution in [1.29, 1.82) is 0 Å². The second-order valence-electron chi connectivity index (χ2n) is 7.81. The van der Waals surface area contributed by atoms with Gasteiger partial charge in [0.05, 0.1) is 46.6 Å². The van der Waals surface area contributed by atoms with Gasteiger partial charge < -0.3 is 14.2 Å². The van der Waals surface area contributed by atoms with Crippen LogP contribution in [0.2, 0.25) is 0 Å². The van der Waals surface area contributed by atoms with Crippen molar-refractivity contribution in [1.82, 2.24) is 4.57 Å². The van der Waals surface area contributed by atoms with Crippen LogP contribution in [0.15, 0.2) is 66.4 Å². The van der Waals surface area contributed by atoms with Crippen molar-refractivity contribution in [2.24, 2.45) is 4.99 Å². The third-order valence-corrected chi connectivity index (χ3v) is 7.59. The summed E-state index contributed by atoms with van der Waals surface area (Å²) in [5.41, 5.74) is 2.09. The molecule has 4 rings (SSSR count).